The molecular formula is C12H12N2O3. The van der Waals surface area contributed by atoms with Gasteiger partial charge in [-0.1, -0.05) is 0 Å². The minimum absolute atomic E-state index is 0.619. The Morgan fingerprint density at radius 1 is 1.41 bits per heavy atom. The van der Waals surface area contributed by atoms with Gasteiger partial charge >= 0.3 is 5.97 Å². The van der Waals surface area contributed by atoms with Crippen LogP contribution in [0, 0.1) is 0 Å². The van der Waals surface area contributed by atoms with Crippen LogP contribution < -0.4 is 5.32 Å². The average molecular weight is 232 g/mol. The Kier molecular flexibility index (Phi) is 3.09. The third kappa shape index (κ3) is 2.63. The number of anilines is 1. The van der Waals surface area contributed by atoms with Crippen LogP contribution in [0.15, 0.2) is 41.3 Å². The number of carbonyl (C=O) groups is 1. The molecule has 0 aliphatic carbocycles. The van der Waals surface area contributed by atoms with E-state index in [2.05, 4.69) is 10.3 Å². The molecule has 0 amide bonds. The summed E-state index contributed by atoms with van der Waals surface area (Å²) in [7, 11) is 0. The first-order valence-corrected chi connectivity index (χ1v) is 5.15. The van der Waals surface area contributed by atoms with Gasteiger partial charge in [-0.3, -0.25) is 4.79 Å². The van der Waals surface area contributed by atoms with Gasteiger partial charge in [0.2, 0.25) is 0 Å². The van der Waals surface area contributed by atoms with Crippen LogP contribution in [0.5, 0.6) is 0 Å². The first kappa shape index (κ1) is 11.2. The fraction of sp³-hybridized carbons (Fsp3) is 0.167. The van der Waals surface area contributed by atoms with E-state index in [1.807, 2.05) is 12.1 Å². The fourth-order valence-electron chi connectivity index (χ4n) is 1.40. The highest BCUT2D eigenvalue weighted by atomic mass is 16.4. The number of aromatic nitrogens is 1. The number of oxazole rings is 1. The number of carboxylic acid groups (broad SMARTS) is 1. The number of nitrogens with zero attached hydrogens (tertiary/aromatic N) is 1. The average Bonchev–Trinajstić information content (AvgIpc) is 2.83. The zero-order valence-corrected chi connectivity index (χ0v) is 9.25. The van der Waals surface area contributed by atoms with Crippen molar-refractivity contribution in [2.75, 3.05) is 5.32 Å². The van der Waals surface area contributed by atoms with E-state index < -0.39 is 12.0 Å². The van der Waals surface area contributed by atoms with E-state index in [1.165, 1.54) is 6.39 Å². The predicted molar refractivity (Wildman–Crippen MR) is 62.7 cm³/mol. The zero-order chi connectivity index (χ0) is 12.3. The number of hydrogen-bond donors (Lipinski definition) is 2. The summed E-state index contributed by atoms with van der Waals surface area (Å²) in [5.41, 5.74) is 1.65. The molecule has 2 N–H and O–H groups in total. The van der Waals surface area contributed by atoms with E-state index >= 15 is 0 Å². The molecule has 1 aromatic heterocycles. The third-order valence-electron chi connectivity index (χ3n) is 2.36. The number of benzene rings is 1. The molecule has 5 nitrogen and oxygen atoms in total. The topological polar surface area (TPSA) is 75.4 Å². The normalized spacial score (nSPS) is 12.1. The third-order valence-corrected chi connectivity index (χ3v) is 2.36. The summed E-state index contributed by atoms with van der Waals surface area (Å²) in [5, 5.41) is 11.6. The molecule has 1 unspecified atom stereocenters. The number of aliphatic carboxylic acids is 1. The number of carboxylic acids is 1. The smallest absolute Gasteiger partial charge is 0.325 e. The van der Waals surface area contributed by atoms with Crippen LogP contribution in [0.25, 0.3) is 11.3 Å². The molecule has 17 heavy (non-hydrogen) atoms. The SMILES string of the molecule is CC(Nc1ccc(-c2cnco2)cc1)C(=O)O. The highest BCUT2D eigenvalue weighted by Crippen LogP contribution is 2.20. The Morgan fingerprint density at radius 3 is 2.65 bits per heavy atom. The van der Waals surface area contributed by atoms with Gasteiger partial charge in [-0.25, -0.2) is 4.98 Å². The van der Waals surface area contributed by atoms with Crippen molar-refractivity contribution in [2.45, 2.75) is 13.0 Å². The zero-order valence-electron chi connectivity index (χ0n) is 9.25. The van der Waals surface area contributed by atoms with E-state index in [1.54, 1.807) is 25.3 Å². The Bertz CT molecular complexity index is 491. The van der Waals surface area contributed by atoms with Gasteiger partial charge in [-0.2, -0.15) is 0 Å². The second-order valence-electron chi connectivity index (χ2n) is 3.65. The molecule has 2 aromatic rings. The molecule has 1 atom stereocenters. The predicted octanol–water partition coefficient (Wildman–Crippen LogP) is 2.23. The standard InChI is InChI=1S/C12H12N2O3/c1-8(12(15)16)14-10-4-2-9(3-5-10)11-6-13-7-17-11/h2-8,14H,1H3,(H,15,16). The van der Waals surface area contributed by atoms with E-state index in [0.29, 0.717) is 5.76 Å². The minimum atomic E-state index is -0.885. The van der Waals surface area contributed by atoms with Crippen LogP contribution in [0.4, 0.5) is 5.69 Å². The minimum Gasteiger partial charge on any atom is -0.480 e. The highest BCUT2D eigenvalue weighted by Gasteiger charge is 2.10. The van der Waals surface area contributed by atoms with E-state index in [0.717, 1.165) is 11.3 Å². The van der Waals surface area contributed by atoms with Gasteiger partial charge < -0.3 is 14.8 Å². The van der Waals surface area contributed by atoms with Crippen molar-refractivity contribution in [3.8, 4) is 11.3 Å². The summed E-state index contributed by atoms with van der Waals surface area (Å²) in [6.07, 6.45) is 3.00. The molecular weight excluding hydrogens is 220 g/mol. The molecule has 2 rings (SSSR count). The van der Waals surface area contributed by atoms with Crippen molar-refractivity contribution in [1.82, 2.24) is 4.98 Å². The van der Waals surface area contributed by atoms with Gasteiger partial charge in [0.1, 0.15) is 6.04 Å². The lowest BCUT2D eigenvalue weighted by Crippen LogP contribution is -2.25. The Labute approximate surface area is 98.1 Å². The van der Waals surface area contributed by atoms with Crippen molar-refractivity contribution in [3.05, 3.63) is 36.9 Å². The summed E-state index contributed by atoms with van der Waals surface area (Å²) in [4.78, 5) is 14.5. The maximum atomic E-state index is 10.7. The quantitative estimate of drug-likeness (QED) is 0.845. The second kappa shape index (κ2) is 4.69. The molecule has 88 valence electrons. The summed E-state index contributed by atoms with van der Waals surface area (Å²) >= 11 is 0. The number of rotatable bonds is 4. The molecule has 1 heterocycles. The number of hydrogen-bond acceptors (Lipinski definition) is 4. The summed E-state index contributed by atoms with van der Waals surface area (Å²) in [5.74, 6) is -0.202. The Balaban J connectivity index is 2.11. The van der Waals surface area contributed by atoms with Gasteiger partial charge in [0.25, 0.3) is 0 Å². The molecule has 0 saturated heterocycles. The largest absolute Gasteiger partial charge is 0.480 e. The first-order valence-electron chi connectivity index (χ1n) is 5.15. The van der Waals surface area contributed by atoms with Gasteiger partial charge in [0, 0.05) is 11.3 Å². The van der Waals surface area contributed by atoms with Crippen LogP contribution in [0.1, 0.15) is 6.92 Å². The second-order valence-corrected chi connectivity index (χ2v) is 3.65. The van der Waals surface area contributed by atoms with Gasteiger partial charge in [0.15, 0.2) is 12.2 Å². The van der Waals surface area contributed by atoms with Gasteiger partial charge in [-0.05, 0) is 31.2 Å². The lowest BCUT2D eigenvalue weighted by Gasteiger charge is -2.10. The first-order chi connectivity index (χ1) is 8.16. The highest BCUT2D eigenvalue weighted by molar-refractivity contribution is 5.77. The molecule has 0 saturated carbocycles. The monoisotopic (exact) mass is 232 g/mol. The maximum absolute atomic E-state index is 10.7. The van der Waals surface area contributed by atoms with Crippen LogP contribution in [-0.4, -0.2) is 22.1 Å². The number of nitrogens with one attached hydrogen (secondary N) is 1. The van der Waals surface area contributed by atoms with Crippen molar-refractivity contribution in [3.63, 3.8) is 0 Å². The van der Waals surface area contributed by atoms with Crippen LogP contribution in [0.2, 0.25) is 0 Å². The molecule has 0 aliphatic heterocycles. The molecule has 0 spiro atoms. The summed E-state index contributed by atoms with van der Waals surface area (Å²) in [6.45, 7) is 1.59. The summed E-state index contributed by atoms with van der Waals surface area (Å²) in [6, 6.07) is 6.68. The maximum Gasteiger partial charge on any atom is 0.325 e. The van der Waals surface area contributed by atoms with Gasteiger partial charge in [0.05, 0.1) is 6.20 Å². The van der Waals surface area contributed by atoms with Crippen molar-refractivity contribution in [1.29, 1.82) is 0 Å². The van der Waals surface area contributed by atoms with Crippen LogP contribution in [-0.2, 0) is 4.79 Å². The fourth-order valence-corrected chi connectivity index (χ4v) is 1.40. The van der Waals surface area contributed by atoms with E-state index in [9.17, 15) is 4.79 Å². The Hall–Kier alpha value is -2.30. The van der Waals surface area contributed by atoms with Crippen LogP contribution >= 0.6 is 0 Å². The lowest BCUT2D eigenvalue weighted by molar-refractivity contribution is -0.137. The summed E-state index contributed by atoms with van der Waals surface area (Å²) < 4.78 is 5.15. The molecule has 0 radical (unpaired) electrons. The van der Waals surface area contributed by atoms with Crippen molar-refractivity contribution in [2.24, 2.45) is 0 Å². The molecule has 1 aromatic carbocycles. The molecule has 0 bridgehead atoms. The molecule has 0 fully saturated rings. The van der Waals surface area contributed by atoms with Crippen molar-refractivity contribution < 1.29 is 14.3 Å². The molecule has 0 aliphatic rings. The van der Waals surface area contributed by atoms with E-state index in [-0.39, 0.29) is 0 Å². The van der Waals surface area contributed by atoms with E-state index in [4.69, 9.17) is 9.52 Å². The lowest BCUT2D eigenvalue weighted by atomic mass is 10.1. The van der Waals surface area contributed by atoms with Crippen molar-refractivity contribution >= 4 is 11.7 Å². The van der Waals surface area contributed by atoms with Gasteiger partial charge in [-0.15, -0.1) is 0 Å². The molecule has 5 heteroatoms. The van der Waals surface area contributed by atoms with Crippen LogP contribution in [0.3, 0.4) is 0 Å². The Morgan fingerprint density at radius 2 is 2.12 bits per heavy atom.